The van der Waals surface area contributed by atoms with Gasteiger partial charge in [-0.05, 0) is 25.1 Å². The molecule has 0 aromatic carbocycles. The first-order valence-corrected chi connectivity index (χ1v) is 7.44. The molecule has 6 nitrogen and oxygen atoms in total. The van der Waals surface area contributed by atoms with Crippen LogP contribution in [0.1, 0.15) is 18.2 Å². The predicted molar refractivity (Wildman–Crippen MR) is 81.3 cm³/mol. The molecule has 20 heavy (non-hydrogen) atoms. The first-order chi connectivity index (χ1) is 9.97. The first kappa shape index (κ1) is 15.3. The van der Waals surface area contributed by atoms with Crippen molar-refractivity contribution in [2.75, 3.05) is 46.1 Å². The van der Waals surface area contributed by atoms with Crippen LogP contribution in [0.3, 0.4) is 0 Å². The van der Waals surface area contributed by atoms with Gasteiger partial charge in [0.2, 0.25) is 0 Å². The summed E-state index contributed by atoms with van der Waals surface area (Å²) in [6.07, 6.45) is 2.91. The Kier molecular flexibility index (Phi) is 7.51. The second kappa shape index (κ2) is 9.79. The molecule has 0 aliphatic carbocycles. The van der Waals surface area contributed by atoms with Crippen molar-refractivity contribution in [2.45, 2.75) is 12.5 Å². The van der Waals surface area contributed by atoms with E-state index in [1.165, 1.54) is 0 Å². The van der Waals surface area contributed by atoms with Gasteiger partial charge in [0.05, 0.1) is 11.7 Å². The maximum absolute atomic E-state index is 4.47. The third-order valence-corrected chi connectivity index (χ3v) is 3.33. The van der Waals surface area contributed by atoms with Gasteiger partial charge in [0.25, 0.3) is 0 Å². The largest absolute Gasteiger partial charge is 0.315 e. The van der Waals surface area contributed by atoms with E-state index >= 15 is 0 Å². The van der Waals surface area contributed by atoms with Crippen LogP contribution in [0.5, 0.6) is 0 Å². The highest BCUT2D eigenvalue weighted by Crippen LogP contribution is 2.12. The minimum atomic E-state index is 0.314. The average Bonchev–Trinajstić information content (AvgIpc) is 2.50. The lowest BCUT2D eigenvalue weighted by atomic mass is 10.1. The number of hydrogen-bond donors (Lipinski definition) is 5. The van der Waals surface area contributed by atoms with E-state index in [0.29, 0.717) is 6.04 Å². The van der Waals surface area contributed by atoms with Crippen LogP contribution in [0.2, 0.25) is 0 Å². The van der Waals surface area contributed by atoms with E-state index in [2.05, 4.69) is 43.7 Å². The lowest BCUT2D eigenvalue weighted by Gasteiger charge is -2.19. The Morgan fingerprint density at radius 3 is 2.45 bits per heavy atom. The van der Waals surface area contributed by atoms with Gasteiger partial charge < -0.3 is 21.3 Å². The quantitative estimate of drug-likeness (QED) is 0.472. The fourth-order valence-electron chi connectivity index (χ4n) is 2.24. The van der Waals surface area contributed by atoms with Crippen LogP contribution in [0.4, 0.5) is 0 Å². The minimum absolute atomic E-state index is 0.314. The molecule has 1 aromatic heterocycles. The molecule has 1 aliphatic rings. The third kappa shape index (κ3) is 5.94. The van der Waals surface area contributed by atoms with E-state index in [1.807, 2.05) is 12.3 Å². The molecule has 0 radical (unpaired) electrons. The highest BCUT2D eigenvalue weighted by molar-refractivity contribution is 5.08. The maximum Gasteiger partial charge on any atom is 0.0573 e. The minimum Gasteiger partial charge on any atom is -0.315 e. The Morgan fingerprint density at radius 1 is 0.850 bits per heavy atom. The smallest absolute Gasteiger partial charge is 0.0573 e. The molecular formula is C14H26N6. The predicted octanol–water partition coefficient (Wildman–Crippen LogP) is -0.611. The van der Waals surface area contributed by atoms with Gasteiger partial charge in [-0.1, -0.05) is 6.07 Å². The van der Waals surface area contributed by atoms with Crippen LogP contribution in [0, 0.1) is 0 Å². The molecular weight excluding hydrogens is 252 g/mol. The third-order valence-electron chi connectivity index (χ3n) is 3.33. The van der Waals surface area contributed by atoms with Crippen LogP contribution in [0.25, 0.3) is 0 Å². The summed E-state index contributed by atoms with van der Waals surface area (Å²) in [6.45, 7) is 6.53. The van der Waals surface area contributed by atoms with Gasteiger partial charge >= 0.3 is 0 Å². The maximum atomic E-state index is 4.47. The number of pyridine rings is 1. The van der Waals surface area contributed by atoms with Gasteiger partial charge in [0.1, 0.15) is 0 Å². The topological polar surface area (TPSA) is 73.0 Å². The van der Waals surface area contributed by atoms with Crippen LogP contribution >= 0.6 is 0 Å². The number of hydrogen-bond acceptors (Lipinski definition) is 6. The van der Waals surface area contributed by atoms with E-state index in [1.54, 1.807) is 0 Å². The van der Waals surface area contributed by atoms with Crippen molar-refractivity contribution in [3.05, 3.63) is 30.1 Å². The van der Waals surface area contributed by atoms with Gasteiger partial charge in [0, 0.05) is 45.7 Å². The fraction of sp³-hybridized carbons (Fsp3) is 0.643. The Bertz CT molecular complexity index is 331. The lowest BCUT2D eigenvalue weighted by Crippen LogP contribution is -2.41. The average molecular weight is 278 g/mol. The second-order valence-corrected chi connectivity index (χ2v) is 4.90. The lowest BCUT2D eigenvalue weighted by molar-refractivity contribution is 0.444. The summed E-state index contributed by atoms with van der Waals surface area (Å²) < 4.78 is 0. The summed E-state index contributed by atoms with van der Waals surface area (Å²) in [6, 6.07) is 6.42. The highest BCUT2D eigenvalue weighted by atomic mass is 15.1. The standard InChI is InChI=1S/C14H26N6/c1-2-5-19-13(3-1)14-4-6-15-7-8-16-11-18-12-17-9-10-20-14/h1-3,5,14-18,20H,4,6-12H2. The summed E-state index contributed by atoms with van der Waals surface area (Å²) in [4.78, 5) is 4.47. The van der Waals surface area contributed by atoms with Crippen LogP contribution in [-0.4, -0.2) is 51.0 Å². The number of nitrogens with zero attached hydrogens (tertiary/aromatic N) is 1. The summed E-state index contributed by atoms with van der Waals surface area (Å²) in [5.74, 6) is 0. The number of nitrogens with one attached hydrogen (secondary N) is 5. The van der Waals surface area contributed by atoms with Crippen molar-refractivity contribution >= 4 is 0 Å². The molecule has 1 saturated heterocycles. The van der Waals surface area contributed by atoms with E-state index in [-0.39, 0.29) is 0 Å². The van der Waals surface area contributed by atoms with Crippen LogP contribution in [-0.2, 0) is 0 Å². The van der Waals surface area contributed by atoms with Crippen molar-refractivity contribution in [1.29, 1.82) is 0 Å². The van der Waals surface area contributed by atoms with E-state index in [4.69, 9.17) is 0 Å². The molecule has 2 rings (SSSR count). The first-order valence-electron chi connectivity index (χ1n) is 7.44. The van der Waals surface area contributed by atoms with Crippen LogP contribution in [0.15, 0.2) is 24.4 Å². The Balaban J connectivity index is 1.84. The molecule has 1 aromatic rings. The Morgan fingerprint density at radius 2 is 1.65 bits per heavy atom. The van der Waals surface area contributed by atoms with Gasteiger partial charge in [-0.2, -0.15) is 0 Å². The summed E-state index contributed by atoms with van der Waals surface area (Å²) >= 11 is 0. The monoisotopic (exact) mass is 278 g/mol. The molecule has 5 N–H and O–H groups in total. The van der Waals surface area contributed by atoms with Crippen LogP contribution < -0.4 is 26.6 Å². The van der Waals surface area contributed by atoms with Gasteiger partial charge in [-0.3, -0.25) is 10.3 Å². The van der Waals surface area contributed by atoms with Gasteiger partial charge in [0.15, 0.2) is 0 Å². The Labute approximate surface area is 121 Å². The summed E-state index contributed by atoms with van der Waals surface area (Å²) in [5.41, 5.74) is 1.12. The zero-order valence-corrected chi connectivity index (χ0v) is 12.0. The van der Waals surface area contributed by atoms with Crippen molar-refractivity contribution < 1.29 is 0 Å². The molecule has 0 bridgehead atoms. The molecule has 1 unspecified atom stereocenters. The van der Waals surface area contributed by atoms with Crippen molar-refractivity contribution in [1.82, 2.24) is 31.6 Å². The van der Waals surface area contributed by atoms with Crippen molar-refractivity contribution in [2.24, 2.45) is 0 Å². The number of aromatic nitrogens is 1. The van der Waals surface area contributed by atoms with E-state index < -0.39 is 0 Å². The zero-order chi connectivity index (χ0) is 13.9. The van der Waals surface area contributed by atoms with E-state index in [9.17, 15) is 0 Å². The molecule has 1 aliphatic heterocycles. The zero-order valence-electron chi connectivity index (χ0n) is 12.0. The Hall–Kier alpha value is -1.05. The second-order valence-electron chi connectivity index (χ2n) is 4.90. The van der Waals surface area contributed by atoms with E-state index in [0.717, 1.165) is 58.2 Å². The molecule has 6 heteroatoms. The normalized spacial score (nSPS) is 23.9. The molecule has 2 heterocycles. The van der Waals surface area contributed by atoms with Gasteiger partial charge in [-0.15, -0.1) is 0 Å². The molecule has 0 saturated carbocycles. The summed E-state index contributed by atoms with van der Waals surface area (Å²) in [7, 11) is 0. The van der Waals surface area contributed by atoms with Gasteiger partial charge in [-0.25, -0.2) is 0 Å². The molecule has 1 fully saturated rings. The number of rotatable bonds is 1. The van der Waals surface area contributed by atoms with Crippen molar-refractivity contribution in [3.63, 3.8) is 0 Å². The molecule has 1 atom stereocenters. The molecule has 112 valence electrons. The summed E-state index contributed by atoms with van der Waals surface area (Å²) in [5, 5.41) is 17.0. The van der Waals surface area contributed by atoms with Crippen molar-refractivity contribution in [3.8, 4) is 0 Å². The molecule has 0 spiro atoms. The highest BCUT2D eigenvalue weighted by Gasteiger charge is 2.11. The SMILES string of the molecule is c1ccc(C2CCNCCNCNCNCCN2)nc1. The molecule has 0 amide bonds. The fourth-order valence-corrected chi connectivity index (χ4v) is 2.24.